The molecule has 6 heterocycles. The van der Waals surface area contributed by atoms with Crippen molar-refractivity contribution in [2.24, 2.45) is 5.41 Å². The van der Waals surface area contributed by atoms with Crippen molar-refractivity contribution in [3.63, 3.8) is 0 Å². The van der Waals surface area contributed by atoms with E-state index in [1.807, 2.05) is 21.6 Å². The minimum Gasteiger partial charge on any atom is -0.486 e. The highest BCUT2D eigenvalue weighted by atomic mass is 16.6. The topological polar surface area (TPSA) is 76.9 Å². The minimum absolute atomic E-state index is 0.0227. The average Bonchev–Trinajstić information content (AvgIpc) is 3.24. The number of pyridine rings is 2. The lowest BCUT2D eigenvalue weighted by Crippen LogP contribution is -2.63. The predicted octanol–water partition coefficient (Wildman–Crippen LogP) is 3.00. The van der Waals surface area contributed by atoms with Crippen molar-refractivity contribution in [3.05, 3.63) is 52.4 Å². The van der Waals surface area contributed by atoms with Gasteiger partial charge in [0.1, 0.15) is 19.0 Å². The molecule has 4 aliphatic heterocycles. The minimum atomic E-state index is -0.191. The van der Waals surface area contributed by atoms with Crippen LogP contribution in [0.4, 0.5) is 5.82 Å². The Balaban J connectivity index is 1.34. The van der Waals surface area contributed by atoms with Gasteiger partial charge < -0.3 is 9.47 Å². The lowest BCUT2D eigenvalue weighted by molar-refractivity contribution is -0.119. The number of hydrogen-bond acceptors (Lipinski definition) is 6. The molecule has 0 aliphatic carbocycles. The van der Waals surface area contributed by atoms with Crippen LogP contribution in [-0.2, 0) is 24.2 Å². The van der Waals surface area contributed by atoms with E-state index >= 15 is 0 Å². The smallest absolute Gasteiger partial charge is 0.252 e. The second-order valence-electron chi connectivity index (χ2n) is 11.6. The van der Waals surface area contributed by atoms with Gasteiger partial charge in [0.15, 0.2) is 11.5 Å². The molecule has 0 aromatic carbocycles. The number of likely N-dealkylation sites (tertiary alicyclic amines) is 1. The van der Waals surface area contributed by atoms with Crippen molar-refractivity contribution in [1.29, 1.82) is 0 Å². The number of hydrogen-bond donors (Lipinski definition) is 0. The maximum atomic E-state index is 13.1. The fourth-order valence-electron chi connectivity index (χ4n) is 6.63. The Labute approximate surface area is 212 Å². The van der Waals surface area contributed by atoms with Crippen LogP contribution in [0.2, 0.25) is 0 Å². The molecule has 1 fully saturated rings. The van der Waals surface area contributed by atoms with E-state index in [4.69, 9.17) is 14.5 Å². The van der Waals surface area contributed by atoms with Crippen molar-refractivity contribution >= 4 is 11.7 Å². The number of carbonyl (C=O) groups excluding carboxylic acids is 1. The lowest BCUT2D eigenvalue weighted by Gasteiger charge is -2.56. The van der Waals surface area contributed by atoms with Crippen LogP contribution in [0.1, 0.15) is 51.3 Å². The number of ether oxygens (including phenoxy) is 2. The molecule has 0 saturated carbocycles. The third-order valence-electron chi connectivity index (χ3n) is 8.58. The first-order valence-electron chi connectivity index (χ1n) is 13.1. The number of aromatic nitrogens is 2. The highest BCUT2D eigenvalue weighted by Crippen LogP contribution is 2.46. The fourth-order valence-corrected chi connectivity index (χ4v) is 6.63. The first-order valence-corrected chi connectivity index (χ1v) is 13.1. The lowest BCUT2D eigenvalue weighted by atomic mass is 9.65. The third kappa shape index (κ3) is 3.72. The summed E-state index contributed by atoms with van der Waals surface area (Å²) in [5.41, 5.74) is 1.82. The summed E-state index contributed by atoms with van der Waals surface area (Å²) < 4.78 is 13.4. The van der Waals surface area contributed by atoms with Gasteiger partial charge in [0.25, 0.3) is 5.56 Å². The maximum absolute atomic E-state index is 13.1. The zero-order valence-corrected chi connectivity index (χ0v) is 21.5. The van der Waals surface area contributed by atoms with Crippen molar-refractivity contribution in [2.75, 3.05) is 31.2 Å². The van der Waals surface area contributed by atoms with E-state index in [1.54, 1.807) is 12.3 Å². The summed E-state index contributed by atoms with van der Waals surface area (Å²) in [6.07, 6.45) is 8.10. The van der Waals surface area contributed by atoms with Crippen molar-refractivity contribution in [1.82, 2.24) is 14.5 Å². The third-order valence-corrected chi connectivity index (χ3v) is 8.58. The Morgan fingerprint density at radius 3 is 2.72 bits per heavy atom. The fraction of sp³-hybridized carbons (Fsp3) is 0.571. The highest BCUT2D eigenvalue weighted by molar-refractivity contribution is 5.96. The predicted molar refractivity (Wildman–Crippen MR) is 137 cm³/mol. The van der Waals surface area contributed by atoms with Crippen LogP contribution in [0.25, 0.3) is 0 Å². The zero-order valence-electron chi connectivity index (χ0n) is 21.5. The molecule has 191 valence electrons. The summed E-state index contributed by atoms with van der Waals surface area (Å²) in [7, 11) is 0. The van der Waals surface area contributed by atoms with Crippen LogP contribution in [0, 0.1) is 11.8 Å². The van der Waals surface area contributed by atoms with Crippen LogP contribution >= 0.6 is 0 Å². The van der Waals surface area contributed by atoms with E-state index in [2.05, 4.69) is 32.1 Å². The van der Waals surface area contributed by atoms with Gasteiger partial charge in [0.2, 0.25) is 5.91 Å². The maximum Gasteiger partial charge on any atom is 0.252 e. The highest BCUT2D eigenvalue weighted by Gasteiger charge is 2.50. The first-order chi connectivity index (χ1) is 17.3. The molecule has 4 aliphatic rings. The molecule has 2 atom stereocenters. The quantitative estimate of drug-likeness (QED) is 0.655. The van der Waals surface area contributed by atoms with E-state index in [0.29, 0.717) is 38.3 Å². The Morgan fingerprint density at radius 1 is 1.11 bits per heavy atom. The van der Waals surface area contributed by atoms with Crippen LogP contribution in [0.15, 0.2) is 29.2 Å². The molecular weight excluding hydrogens is 456 g/mol. The first kappa shape index (κ1) is 23.5. The zero-order chi connectivity index (χ0) is 25.1. The molecule has 6 rings (SSSR count). The number of anilines is 1. The van der Waals surface area contributed by atoms with Gasteiger partial charge in [-0.3, -0.25) is 28.9 Å². The number of carbonyl (C=O) groups is 1. The standard InChI is InChI=1S/C28H35N4O4/c1-27(2,3)28(15-20-14-22-23(16-29-20)36-13-12-35-22)10-4-5-11-30(28)17-21-18-31-24(33)8-6-19-7-9-25(34)32(21)26(19)31/h4,6,8,14,16,21H,5,7,9-13,15,17-18H2,1-3H3. The molecular formula is C28H35N4O4. The normalized spacial score (nSPS) is 25.7. The number of aryl methyl sites for hydroxylation is 1. The van der Waals surface area contributed by atoms with Crippen LogP contribution < -0.4 is 19.9 Å². The summed E-state index contributed by atoms with van der Waals surface area (Å²) in [5.74, 6) is 2.42. The molecule has 8 nitrogen and oxygen atoms in total. The van der Waals surface area contributed by atoms with Crippen molar-refractivity contribution in [3.8, 4) is 11.5 Å². The largest absolute Gasteiger partial charge is 0.486 e. The van der Waals surface area contributed by atoms with Gasteiger partial charge in [-0.25, -0.2) is 0 Å². The molecule has 1 saturated heterocycles. The Bertz CT molecular complexity index is 1250. The molecule has 2 unspecified atom stereocenters. The molecule has 0 spiro atoms. The second-order valence-corrected chi connectivity index (χ2v) is 11.6. The van der Waals surface area contributed by atoms with Gasteiger partial charge >= 0.3 is 0 Å². The van der Waals surface area contributed by atoms with E-state index in [0.717, 1.165) is 55.2 Å². The average molecular weight is 492 g/mol. The molecule has 8 heteroatoms. The van der Waals surface area contributed by atoms with E-state index in [1.165, 1.54) is 0 Å². The Morgan fingerprint density at radius 2 is 1.92 bits per heavy atom. The van der Waals surface area contributed by atoms with Gasteiger partial charge in [-0.1, -0.05) is 20.8 Å². The monoisotopic (exact) mass is 491 g/mol. The summed E-state index contributed by atoms with van der Waals surface area (Å²) in [6, 6.07) is 5.52. The van der Waals surface area contributed by atoms with Crippen LogP contribution in [0.3, 0.4) is 0 Å². The van der Waals surface area contributed by atoms with E-state index < -0.39 is 0 Å². The molecule has 1 radical (unpaired) electrons. The van der Waals surface area contributed by atoms with Crippen LogP contribution in [0.5, 0.6) is 11.5 Å². The van der Waals surface area contributed by atoms with Gasteiger partial charge in [-0.05, 0) is 49.3 Å². The molecule has 36 heavy (non-hydrogen) atoms. The summed E-state index contributed by atoms with van der Waals surface area (Å²) >= 11 is 0. The molecule has 0 N–H and O–H groups in total. The number of piperidine rings is 1. The molecule has 0 bridgehead atoms. The number of fused-ring (bicyclic) bond motifs is 1. The van der Waals surface area contributed by atoms with Gasteiger partial charge in [-0.15, -0.1) is 0 Å². The van der Waals surface area contributed by atoms with Gasteiger partial charge in [0.05, 0.1) is 12.2 Å². The molecule has 1 amide bonds. The molecule has 2 aromatic rings. The van der Waals surface area contributed by atoms with Gasteiger partial charge in [0, 0.05) is 49.3 Å². The SMILES string of the molecule is CC(C)(C)C1(Cc2cc3c(cn2)OCCO3)C[CH]CCN1CC1Cn2c3c(ccc2=O)CCC(=O)N31. The number of rotatable bonds is 4. The number of nitrogens with zero attached hydrogens (tertiary/aromatic N) is 4. The number of amides is 1. The van der Waals surface area contributed by atoms with Crippen molar-refractivity contribution in [2.45, 2.75) is 71.0 Å². The van der Waals surface area contributed by atoms with Crippen LogP contribution in [-0.4, -0.2) is 58.2 Å². The van der Waals surface area contributed by atoms with Gasteiger partial charge in [-0.2, -0.15) is 0 Å². The molecule has 2 aromatic heterocycles. The van der Waals surface area contributed by atoms with E-state index in [-0.39, 0.29) is 28.5 Å². The summed E-state index contributed by atoms with van der Waals surface area (Å²) in [4.78, 5) is 35.1. The Kier molecular flexibility index (Phi) is 5.63. The Hall–Kier alpha value is -2.87. The summed E-state index contributed by atoms with van der Waals surface area (Å²) in [6.45, 7) is 10.2. The van der Waals surface area contributed by atoms with Crippen molar-refractivity contribution < 1.29 is 14.3 Å². The summed E-state index contributed by atoms with van der Waals surface area (Å²) in [5, 5.41) is 0. The van der Waals surface area contributed by atoms with E-state index in [9.17, 15) is 9.59 Å². The second kappa shape index (κ2) is 8.61.